The molecule has 2 nitrogen and oxygen atoms in total. The lowest BCUT2D eigenvalue weighted by Crippen LogP contribution is -2.18. The third-order valence-corrected chi connectivity index (χ3v) is 1.45. The zero-order chi connectivity index (χ0) is 8.97. The van der Waals surface area contributed by atoms with E-state index in [0.29, 0.717) is 0 Å². The molecule has 0 saturated heterocycles. The summed E-state index contributed by atoms with van der Waals surface area (Å²) in [7, 11) is 0. The third-order valence-electron chi connectivity index (χ3n) is 1.45. The maximum atomic E-state index is 10.1. The standard InChI is InChI=1S/C10H10O2/c1-8-3-2-4-9(7-8)5-6-10(11)12/h2-7H,1H3,(H,11,12)/p-1/b6-5+. The van der Waals surface area contributed by atoms with Crippen LogP contribution in [-0.2, 0) is 4.79 Å². The van der Waals surface area contributed by atoms with E-state index in [0.717, 1.165) is 17.2 Å². The van der Waals surface area contributed by atoms with Gasteiger partial charge in [0.05, 0.1) is 5.97 Å². The molecule has 12 heavy (non-hydrogen) atoms. The molecule has 1 aromatic carbocycles. The van der Waals surface area contributed by atoms with Crippen LogP contribution in [-0.4, -0.2) is 5.97 Å². The second-order valence-corrected chi connectivity index (χ2v) is 2.57. The Hall–Kier alpha value is -1.57. The molecule has 0 saturated carbocycles. The monoisotopic (exact) mass is 161 g/mol. The van der Waals surface area contributed by atoms with Crippen molar-refractivity contribution in [3.05, 3.63) is 41.5 Å². The van der Waals surface area contributed by atoms with Crippen molar-refractivity contribution >= 4 is 12.0 Å². The van der Waals surface area contributed by atoms with Gasteiger partial charge in [0.15, 0.2) is 0 Å². The lowest BCUT2D eigenvalue weighted by atomic mass is 10.1. The van der Waals surface area contributed by atoms with Gasteiger partial charge in [-0.15, -0.1) is 0 Å². The average molecular weight is 161 g/mol. The van der Waals surface area contributed by atoms with Gasteiger partial charge in [-0.05, 0) is 18.6 Å². The van der Waals surface area contributed by atoms with Gasteiger partial charge in [-0.1, -0.05) is 35.9 Å². The molecule has 0 radical (unpaired) electrons. The van der Waals surface area contributed by atoms with E-state index >= 15 is 0 Å². The number of hydrogen-bond acceptors (Lipinski definition) is 2. The predicted molar refractivity (Wildman–Crippen MR) is 45.2 cm³/mol. The van der Waals surface area contributed by atoms with Crippen molar-refractivity contribution in [2.45, 2.75) is 6.92 Å². The molecule has 0 bridgehead atoms. The number of benzene rings is 1. The third kappa shape index (κ3) is 2.58. The number of carboxylic acid groups (broad SMARTS) is 1. The van der Waals surface area contributed by atoms with Crippen LogP contribution in [0.3, 0.4) is 0 Å². The van der Waals surface area contributed by atoms with Crippen LogP contribution in [0.5, 0.6) is 0 Å². The maximum absolute atomic E-state index is 10.1. The van der Waals surface area contributed by atoms with E-state index in [1.807, 2.05) is 31.2 Å². The minimum atomic E-state index is -1.17. The summed E-state index contributed by atoms with van der Waals surface area (Å²) >= 11 is 0. The molecular weight excluding hydrogens is 152 g/mol. The molecule has 0 aromatic heterocycles. The molecule has 0 heterocycles. The number of carboxylic acids is 1. The normalized spacial score (nSPS) is 10.4. The predicted octanol–water partition coefficient (Wildman–Crippen LogP) is 0.758. The van der Waals surface area contributed by atoms with Crippen LogP contribution < -0.4 is 5.11 Å². The Bertz CT molecular complexity index is 313. The zero-order valence-corrected chi connectivity index (χ0v) is 6.78. The highest BCUT2D eigenvalue weighted by Gasteiger charge is 1.85. The Morgan fingerprint density at radius 2 is 2.25 bits per heavy atom. The van der Waals surface area contributed by atoms with Crippen LogP contribution in [0, 0.1) is 6.92 Å². The van der Waals surface area contributed by atoms with Crippen LogP contribution in [0.4, 0.5) is 0 Å². The molecule has 0 fully saturated rings. The highest BCUT2D eigenvalue weighted by Crippen LogP contribution is 2.04. The van der Waals surface area contributed by atoms with Gasteiger partial charge in [0.1, 0.15) is 0 Å². The molecule has 0 aliphatic heterocycles. The molecular formula is C10H9O2-. The fourth-order valence-electron chi connectivity index (χ4n) is 0.938. The summed E-state index contributed by atoms with van der Waals surface area (Å²) in [6.07, 6.45) is 2.54. The summed E-state index contributed by atoms with van der Waals surface area (Å²) in [4.78, 5) is 10.1. The molecule has 0 atom stereocenters. The SMILES string of the molecule is Cc1cccc(/C=C/C(=O)[O-])c1. The van der Waals surface area contributed by atoms with Gasteiger partial charge < -0.3 is 9.90 Å². The molecule has 0 amide bonds. The van der Waals surface area contributed by atoms with Crippen LogP contribution >= 0.6 is 0 Å². The molecule has 1 rings (SSSR count). The van der Waals surface area contributed by atoms with Gasteiger partial charge in [0, 0.05) is 0 Å². The van der Waals surface area contributed by atoms with Gasteiger partial charge in [0.2, 0.25) is 0 Å². The molecule has 0 aliphatic rings. The van der Waals surface area contributed by atoms with Crippen molar-refractivity contribution in [3.63, 3.8) is 0 Å². The first kappa shape index (κ1) is 8.53. The highest BCUT2D eigenvalue weighted by molar-refractivity contribution is 5.83. The van der Waals surface area contributed by atoms with E-state index in [1.54, 1.807) is 0 Å². The topological polar surface area (TPSA) is 40.1 Å². The summed E-state index contributed by atoms with van der Waals surface area (Å²) in [5.74, 6) is -1.17. The van der Waals surface area contributed by atoms with E-state index in [2.05, 4.69) is 0 Å². The number of aryl methyl sites for hydroxylation is 1. The number of hydrogen-bond donors (Lipinski definition) is 0. The number of carbonyl (C=O) groups excluding carboxylic acids is 1. The van der Waals surface area contributed by atoms with E-state index in [-0.39, 0.29) is 0 Å². The van der Waals surface area contributed by atoms with Gasteiger partial charge in [-0.2, -0.15) is 0 Å². The van der Waals surface area contributed by atoms with E-state index in [4.69, 9.17) is 0 Å². The van der Waals surface area contributed by atoms with Crippen molar-refractivity contribution in [2.24, 2.45) is 0 Å². The maximum Gasteiger partial charge on any atom is 0.0643 e. The molecule has 62 valence electrons. The van der Waals surface area contributed by atoms with Crippen molar-refractivity contribution in [1.82, 2.24) is 0 Å². The van der Waals surface area contributed by atoms with E-state index in [1.165, 1.54) is 6.08 Å². The minimum absolute atomic E-state index is 0.874. The smallest absolute Gasteiger partial charge is 0.0643 e. The first-order chi connectivity index (χ1) is 5.68. The first-order valence-corrected chi connectivity index (χ1v) is 3.64. The van der Waals surface area contributed by atoms with Gasteiger partial charge in [0.25, 0.3) is 0 Å². The molecule has 1 aromatic rings. The Morgan fingerprint density at radius 1 is 1.50 bits per heavy atom. The average Bonchev–Trinajstić information content (AvgIpc) is 2.01. The van der Waals surface area contributed by atoms with E-state index < -0.39 is 5.97 Å². The van der Waals surface area contributed by atoms with Crippen LogP contribution in [0.15, 0.2) is 30.3 Å². The largest absolute Gasteiger partial charge is 0.545 e. The fourth-order valence-corrected chi connectivity index (χ4v) is 0.938. The van der Waals surface area contributed by atoms with E-state index in [9.17, 15) is 9.90 Å². The molecule has 0 unspecified atom stereocenters. The number of aliphatic carboxylic acids is 1. The van der Waals surface area contributed by atoms with Gasteiger partial charge >= 0.3 is 0 Å². The highest BCUT2D eigenvalue weighted by atomic mass is 16.4. The summed E-state index contributed by atoms with van der Waals surface area (Å²) in [6.45, 7) is 1.95. The van der Waals surface area contributed by atoms with Gasteiger partial charge in [-0.25, -0.2) is 0 Å². The Kier molecular flexibility index (Phi) is 2.64. The van der Waals surface area contributed by atoms with Crippen molar-refractivity contribution < 1.29 is 9.90 Å². The van der Waals surface area contributed by atoms with Crippen LogP contribution in [0.25, 0.3) is 6.08 Å². The summed E-state index contributed by atoms with van der Waals surface area (Å²) in [6, 6.07) is 7.58. The van der Waals surface area contributed by atoms with Crippen LogP contribution in [0.2, 0.25) is 0 Å². The van der Waals surface area contributed by atoms with Gasteiger partial charge in [-0.3, -0.25) is 0 Å². The quantitative estimate of drug-likeness (QED) is 0.601. The zero-order valence-electron chi connectivity index (χ0n) is 6.78. The summed E-state index contributed by atoms with van der Waals surface area (Å²) in [5.41, 5.74) is 1.98. The van der Waals surface area contributed by atoms with Crippen molar-refractivity contribution in [2.75, 3.05) is 0 Å². The molecule has 0 aliphatic carbocycles. The van der Waals surface area contributed by atoms with Crippen LogP contribution in [0.1, 0.15) is 11.1 Å². The summed E-state index contributed by atoms with van der Waals surface area (Å²) < 4.78 is 0. The first-order valence-electron chi connectivity index (χ1n) is 3.64. The Balaban J connectivity index is 2.83. The second-order valence-electron chi connectivity index (χ2n) is 2.57. The second kappa shape index (κ2) is 3.72. The Morgan fingerprint density at radius 3 is 2.83 bits per heavy atom. The summed E-state index contributed by atoms with van der Waals surface area (Å²) in [5, 5.41) is 10.1. The molecule has 2 heteroatoms. The molecule has 0 N–H and O–H groups in total. The minimum Gasteiger partial charge on any atom is -0.545 e. The van der Waals surface area contributed by atoms with Crippen molar-refractivity contribution in [1.29, 1.82) is 0 Å². The lowest BCUT2D eigenvalue weighted by Gasteiger charge is -1.95. The number of carbonyl (C=O) groups is 1. The van der Waals surface area contributed by atoms with Crippen molar-refractivity contribution in [3.8, 4) is 0 Å². The number of rotatable bonds is 2. The fraction of sp³-hybridized carbons (Fsp3) is 0.100. The lowest BCUT2D eigenvalue weighted by molar-refractivity contribution is -0.297. The molecule has 0 spiro atoms. The Labute approximate surface area is 71.2 Å².